The molecule has 0 saturated heterocycles. The maximum absolute atomic E-state index is 10.9. The summed E-state index contributed by atoms with van der Waals surface area (Å²) in [6, 6.07) is 5.98. The Hall–Kier alpha value is -2.04. The van der Waals surface area contributed by atoms with E-state index in [0.29, 0.717) is 5.69 Å². The maximum atomic E-state index is 10.9. The van der Waals surface area contributed by atoms with E-state index in [9.17, 15) is 9.59 Å². The molecule has 0 bridgehead atoms. The lowest BCUT2D eigenvalue weighted by molar-refractivity contribution is -0.141. The number of hydrogen-bond acceptors (Lipinski definition) is 3. The number of nitrogens with one attached hydrogen (secondary N) is 1. The predicted molar refractivity (Wildman–Crippen MR) is 59.8 cm³/mol. The van der Waals surface area contributed by atoms with E-state index < -0.39 is 12.0 Å². The van der Waals surface area contributed by atoms with E-state index in [1.165, 1.54) is 6.92 Å². The van der Waals surface area contributed by atoms with Crippen LogP contribution in [-0.2, 0) is 16.0 Å². The molecule has 5 heteroatoms. The van der Waals surface area contributed by atoms with Crippen LogP contribution in [-0.4, -0.2) is 23.0 Å². The summed E-state index contributed by atoms with van der Waals surface area (Å²) in [6.07, 6.45) is 0.245. The molecule has 0 aromatic heterocycles. The van der Waals surface area contributed by atoms with Crippen LogP contribution in [0.2, 0.25) is 0 Å². The van der Waals surface area contributed by atoms with E-state index >= 15 is 0 Å². The van der Waals surface area contributed by atoms with Crippen molar-refractivity contribution in [3.05, 3.63) is 29.8 Å². The Labute approximate surface area is 93.3 Å². The Balaban J connectivity index is 2.71. The zero-order valence-corrected chi connectivity index (χ0v) is 8.93. The van der Waals surface area contributed by atoms with Gasteiger partial charge in [-0.1, -0.05) is 12.1 Å². The van der Waals surface area contributed by atoms with Crippen molar-refractivity contribution in [3.63, 3.8) is 0 Å². The third-order valence-corrected chi connectivity index (χ3v) is 2.10. The summed E-state index contributed by atoms with van der Waals surface area (Å²) in [5.74, 6) is -1.41. The highest BCUT2D eigenvalue weighted by molar-refractivity contribution is 5.82. The molecule has 4 N–H and O–H groups in total. The molecule has 0 aliphatic heterocycles. The van der Waals surface area contributed by atoms with E-state index in [4.69, 9.17) is 10.8 Å². The van der Waals surface area contributed by atoms with E-state index in [1.54, 1.807) is 24.3 Å². The van der Waals surface area contributed by atoms with Gasteiger partial charge in [0, 0.05) is 19.0 Å². The molecule has 1 aromatic carbocycles. The highest BCUT2D eigenvalue weighted by Gasteiger charge is 2.18. The number of benzene rings is 1. The second-order valence-electron chi connectivity index (χ2n) is 3.54. The van der Waals surface area contributed by atoms with E-state index in [-0.39, 0.29) is 12.3 Å². The maximum Gasteiger partial charge on any atom is 0.326 e. The highest BCUT2D eigenvalue weighted by atomic mass is 16.4. The van der Waals surface area contributed by atoms with Gasteiger partial charge >= 0.3 is 5.97 Å². The van der Waals surface area contributed by atoms with Crippen molar-refractivity contribution < 1.29 is 14.7 Å². The molecule has 1 aromatic rings. The first-order chi connectivity index (χ1) is 7.49. The molecule has 0 heterocycles. The number of amides is 1. The average Bonchev–Trinajstić information content (AvgIpc) is 2.19. The molecular weight excluding hydrogens is 208 g/mol. The summed E-state index contributed by atoms with van der Waals surface area (Å²) in [5, 5.41) is 11.3. The third-order valence-electron chi connectivity index (χ3n) is 2.10. The first-order valence-electron chi connectivity index (χ1n) is 4.83. The standard InChI is InChI=1S/C11H14N2O3/c1-7(14)13-10(11(15)16)6-8-2-4-9(12)5-3-8/h2-5,10H,6,12H2,1H3,(H,13,14)(H,15,16). The Morgan fingerprint density at radius 1 is 1.38 bits per heavy atom. The zero-order valence-electron chi connectivity index (χ0n) is 8.93. The first-order valence-corrected chi connectivity index (χ1v) is 4.83. The minimum atomic E-state index is -1.05. The Bertz CT molecular complexity index is 387. The van der Waals surface area contributed by atoms with Crippen LogP contribution in [0.3, 0.4) is 0 Å². The molecule has 0 radical (unpaired) electrons. The fourth-order valence-electron chi connectivity index (χ4n) is 1.33. The lowest BCUT2D eigenvalue weighted by atomic mass is 10.1. The van der Waals surface area contributed by atoms with Crippen LogP contribution in [0.15, 0.2) is 24.3 Å². The summed E-state index contributed by atoms with van der Waals surface area (Å²) in [6.45, 7) is 1.29. The SMILES string of the molecule is CC(=O)NC(Cc1ccc(N)cc1)C(=O)O. The minimum Gasteiger partial charge on any atom is -0.480 e. The number of aliphatic carboxylic acids is 1. The molecule has 16 heavy (non-hydrogen) atoms. The quantitative estimate of drug-likeness (QED) is 0.643. The largest absolute Gasteiger partial charge is 0.480 e. The van der Waals surface area contributed by atoms with Gasteiger partial charge in [0.25, 0.3) is 0 Å². The number of carbonyl (C=O) groups is 2. The fourth-order valence-corrected chi connectivity index (χ4v) is 1.33. The molecule has 1 atom stereocenters. The number of hydrogen-bond donors (Lipinski definition) is 3. The van der Waals surface area contributed by atoms with E-state index in [0.717, 1.165) is 5.56 Å². The van der Waals surface area contributed by atoms with Crippen LogP contribution >= 0.6 is 0 Å². The van der Waals surface area contributed by atoms with Gasteiger partial charge in [0.05, 0.1) is 0 Å². The van der Waals surface area contributed by atoms with Gasteiger partial charge in [0.2, 0.25) is 5.91 Å². The van der Waals surface area contributed by atoms with Crippen LogP contribution in [0, 0.1) is 0 Å². The predicted octanol–water partition coefficient (Wildman–Crippen LogP) is 0.401. The number of anilines is 1. The summed E-state index contributed by atoms with van der Waals surface area (Å²) < 4.78 is 0. The summed E-state index contributed by atoms with van der Waals surface area (Å²) >= 11 is 0. The molecule has 0 fully saturated rings. The van der Waals surface area contributed by atoms with Crippen LogP contribution in [0.5, 0.6) is 0 Å². The van der Waals surface area contributed by atoms with Gasteiger partial charge in [0.15, 0.2) is 0 Å². The molecule has 0 aliphatic carbocycles. The molecule has 0 saturated carbocycles. The minimum absolute atomic E-state index is 0.245. The van der Waals surface area contributed by atoms with Crippen molar-refractivity contribution >= 4 is 17.6 Å². The molecule has 5 nitrogen and oxygen atoms in total. The molecule has 1 amide bonds. The first kappa shape index (κ1) is 12.0. The topological polar surface area (TPSA) is 92.4 Å². The number of carboxylic acid groups (broad SMARTS) is 1. The van der Waals surface area contributed by atoms with Crippen LogP contribution < -0.4 is 11.1 Å². The Morgan fingerprint density at radius 3 is 2.38 bits per heavy atom. The molecule has 1 unspecified atom stereocenters. The van der Waals surface area contributed by atoms with Crippen LogP contribution in [0.25, 0.3) is 0 Å². The second-order valence-corrected chi connectivity index (χ2v) is 3.54. The molecule has 1 rings (SSSR count). The number of nitrogens with two attached hydrogens (primary N) is 1. The van der Waals surface area contributed by atoms with Gasteiger partial charge in [-0.15, -0.1) is 0 Å². The van der Waals surface area contributed by atoms with Gasteiger partial charge < -0.3 is 16.2 Å². The Morgan fingerprint density at radius 2 is 1.94 bits per heavy atom. The number of nitrogen functional groups attached to an aromatic ring is 1. The number of carboxylic acids is 1. The van der Waals surface area contributed by atoms with Gasteiger partial charge in [-0.25, -0.2) is 4.79 Å². The zero-order chi connectivity index (χ0) is 12.1. The lowest BCUT2D eigenvalue weighted by Gasteiger charge is -2.13. The number of rotatable bonds is 4. The van der Waals surface area contributed by atoms with Gasteiger partial charge in [-0.05, 0) is 17.7 Å². The third kappa shape index (κ3) is 3.61. The normalized spacial score (nSPS) is 11.8. The second kappa shape index (κ2) is 5.16. The van der Waals surface area contributed by atoms with Crippen molar-refractivity contribution in [3.8, 4) is 0 Å². The van der Waals surface area contributed by atoms with Crippen LogP contribution in [0.1, 0.15) is 12.5 Å². The monoisotopic (exact) mass is 222 g/mol. The van der Waals surface area contributed by atoms with Crippen molar-refractivity contribution in [2.24, 2.45) is 0 Å². The fraction of sp³-hybridized carbons (Fsp3) is 0.273. The van der Waals surface area contributed by atoms with Crippen molar-refractivity contribution in [2.75, 3.05) is 5.73 Å². The van der Waals surface area contributed by atoms with E-state index in [1.807, 2.05) is 0 Å². The average molecular weight is 222 g/mol. The van der Waals surface area contributed by atoms with Gasteiger partial charge in [0.1, 0.15) is 6.04 Å². The highest BCUT2D eigenvalue weighted by Crippen LogP contribution is 2.08. The molecule has 0 spiro atoms. The van der Waals surface area contributed by atoms with Gasteiger partial charge in [-0.3, -0.25) is 4.79 Å². The summed E-state index contributed by atoms with van der Waals surface area (Å²) in [5.41, 5.74) is 6.95. The summed E-state index contributed by atoms with van der Waals surface area (Å²) in [4.78, 5) is 21.7. The van der Waals surface area contributed by atoms with Crippen molar-refractivity contribution in [1.82, 2.24) is 5.32 Å². The Kier molecular flexibility index (Phi) is 3.88. The molecule has 86 valence electrons. The molecular formula is C11H14N2O3. The van der Waals surface area contributed by atoms with Crippen LogP contribution in [0.4, 0.5) is 5.69 Å². The van der Waals surface area contributed by atoms with Gasteiger partial charge in [-0.2, -0.15) is 0 Å². The smallest absolute Gasteiger partial charge is 0.326 e. The molecule has 0 aliphatic rings. The summed E-state index contributed by atoms with van der Waals surface area (Å²) in [7, 11) is 0. The number of carbonyl (C=O) groups excluding carboxylic acids is 1. The van der Waals surface area contributed by atoms with Crippen molar-refractivity contribution in [2.45, 2.75) is 19.4 Å². The van der Waals surface area contributed by atoms with E-state index in [2.05, 4.69) is 5.32 Å². The lowest BCUT2D eigenvalue weighted by Crippen LogP contribution is -2.41. The van der Waals surface area contributed by atoms with Crippen molar-refractivity contribution in [1.29, 1.82) is 0 Å².